The number of nitrogens with zero attached hydrogens (tertiary/aromatic N) is 4. The molecule has 0 unspecified atom stereocenters. The van der Waals surface area contributed by atoms with Crippen molar-refractivity contribution >= 4 is 40.0 Å². The molecule has 3 rings (SSSR count). The number of hydrogen-bond acceptors (Lipinski definition) is 9. The average Bonchev–Trinajstić information content (AvgIpc) is 3.29. The first-order chi connectivity index (χ1) is 14.9. The molecular weight excluding hydrogens is 423 g/mol. The molecule has 0 spiro atoms. The number of aromatic nitrogens is 1. The van der Waals surface area contributed by atoms with E-state index in [1.165, 1.54) is 18.2 Å². The zero-order chi connectivity index (χ0) is 22.4. The van der Waals surface area contributed by atoms with E-state index >= 15 is 0 Å². The van der Waals surface area contributed by atoms with Crippen molar-refractivity contribution < 1.29 is 14.0 Å². The van der Waals surface area contributed by atoms with Gasteiger partial charge in [0.25, 0.3) is 5.91 Å². The van der Waals surface area contributed by atoms with Crippen LogP contribution in [0.15, 0.2) is 40.5 Å². The van der Waals surface area contributed by atoms with Gasteiger partial charge in [0.15, 0.2) is 11.6 Å². The predicted molar refractivity (Wildman–Crippen MR) is 120 cm³/mol. The Morgan fingerprint density at radius 3 is 2.71 bits per heavy atom. The number of pyridine rings is 1. The molecule has 0 saturated carbocycles. The van der Waals surface area contributed by atoms with Crippen molar-refractivity contribution in [3.63, 3.8) is 0 Å². The minimum atomic E-state index is -0.607. The van der Waals surface area contributed by atoms with E-state index in [-0.39, 0.29) is 16.5 Å². The minimum Gasteiger partial charge on any atom is -0.370 e. The van der Waals surface area contributed by atoms with E-state index in [0.717, 1.165) is 37.7 Å². The molecule has 31 heavy (non-hydrogen) atoms. The van der Waals surface area contributed by atoms with Crippen LogP contribution >= 0.6 is 11.8 Å². The summed E-state index contributed by atoms with van der Waals surface area (Å²) in [5.41, 5.74) is 4.12. The third kappa shape index (κ3) is 5.54. The van der Waals surface area contributed by atoms with Gasteiger partial charge in [0.2, 0.25) is 5.17 Å². The molecule has 166 valence electrons. The number of carbonyl (C=O) groups is 1. The molecule has 1 aromatic carbocycles. The van der Waals surface area contributed by atoms with Crippen molar-refractivity contribution in [1.29, 1.82) is 0 Å². The Bertz CT molecular complexity index is 966. The summed E-state index contributed by atoms with van der Waals surface area (Å²) in [6.07, 6.45) is 3.70. The SMILES string of the molecule is CONc1ccc(S/C(=N/N)N(C)N)c(C(=O)Nc2ncc(N3CCCC3)cc2F)c1. The maximum Gasteiger partial charge on any atom is 0.258 e. The summed E-state index contributed by atoms with van der Waals surface area (Å²) in [5, 5.41) is 7.66. The number of hydrazone groups is 1. The highest BCUT2D eigenvalue weighted by atomic mass is 32.2. The largest absolute Gasteiger partial charge is 0.370 e. The van der Waals surface area contributed by atoms with Crippen molar-refractivity contribution in [1.82, 2.24) is 9.99 Å². The Kier molecular flexibility index (Phi) is 7.50. The second-order valence-corrected chi connectivity index (χ2v) is 7.82. The maximum atomic E-state index is 14.7. The first-order valence-corrected chi connectivity index (χ1v) is 10.3. The molecule has 0 atom stereocenters. The fourth-order valence-corrected chi connectivity index (χ4v) is 3.90. The number of carbonyl (C=O) groups excluding carboxylic acids is 1. The quantitative estimate of drug-likeness (QED) is 0.172. The molecule has 2 heterocycles. The highest BCUT2D eigenvalue weighted by molar-refractivity contribution is 8.13. The van der Waals surface area contributed by atoms with Gasteiger partial charge in [-0.15, -0.1) is 0 Å². The van der Waals surface area contributed by atoms with Crippen molar-refractivity contribution in [3.05, 3.63) is 41.8 Å². The second-order valence-electron chi connectivity index (χ2n) is 6.81. The lowest BCUT2D eigenvalue weighted by Crippen LogP contribution is -2.32. The third-order valence-electron chi connectivity index (χ3n) is 4.59. The molecule has 12 heteroatoms. The van der Waals surface area contributed by atoms with Crippen LogP contribution in [0.2, 0.25) is 0 Å². The van der Waals surface area contributed by atoms with Gasteiger partial charge in [-0.05, 0) is 42.8 Å². The van der Waals surface area contributed by atoms with E-state index < -0.39 is 11.7 Å². The average molecular weight is 449 g/mol. The van der Waals surface area contributed by atoms with Crippen LogP contribution in [0.25, 0.3) is 0 Å². The standard InChI is InChI=1S/C19H25FN8O2S/c1-27(22)19(25-21)31-16-6-5-12(26-30-2)9-14(16)18(29)24-17-15(20)10-13(11-23-17)28-7-3-4-8-28/h5-6,9-11,26H,3-4,7-8,21-22H2,1-2H3,(H,23,24,29)/b25-19+. The van der Waals surface area contributed by atoms with E-state index in [1.54, 1.807) is 31.4 Å². The Hall–Kier alpha value is -3.09. The van der Waals surface area contributed by atoms with Gasteiger partial charge in [-0.1, -0.05) is 0 Å². The minimum absolute atomic E-state index is 0.155. The zero-order valence-electron chi connectivity index (χ0n) is 17.3. The molecule has 1 aromatic heterocycles. The highest BCUT2D eigenvalue weighted by Crippen LogP contribution is 2.29. The van der Waals surface area contributed by atoms with Crippen LogP contribution in [0.3, 0.4) is 0 Å². The van der Waals surface area contributed by atoms with Crippen LogP contribution in [0.4, 0.5) is 21.6 Å². The molecule has 1 aliphatic heterocycles. The van der Waals surface area contributed by atoms with Crippen LogP contribution in [0.1, 0.15) is 23.2 Å². The van der Waals surface area contributed by atoms with E-state index in [2.05, 4.69) is 25.8 Å². The number of nitrogens with one attached hydrogen (secondary N) is 2. The van der Waals surface area contributed by atoms with Gasteiger partial charge >= 0.3 is 0 Å². The molecular formula is C19H25FN8O2S. The van der Waals surface area contributed by atoms with Crippen molar-refractivity contribution in [2.24, 2.45) is 16.8 Å². The van der Waals surface area contributed by atoms with E-state index in [1.807, 2.05) is 0 Å². The number of anilines is 3. The van der Waals surface area contributed by atoms with Crippen LogP contribution in [0.5, 0.6) is 0 Å². The first kappa shape index (κ1) is 22.6. The third-order valence-corrected chi connectivity index (χ3v) is 5.74. The van der Waals surface area contributed by atoms with Crippen LogP contribution < -0.4 is 27.4 Å². The van der Waals surface area contributed by atoms with Gasteiger partial charge in [-0.25, -0.2) is 15.2 Å². The topological polar surface area (TPSA) is 134 Å². The Balaban J connectivity index is 1.86. The molecule has 1 saturated heterocycles. The van der Waals surface area contributed by atoms with Crippen molar-refractivity contribution in [3.8, 4) is 0 Å². The summed E-state index contributed by atoms with van der Waals surface area (Å²) in [6, 6.07) is 6.32. The van der Waals surface area contributed by atoms with Crippen LogP contribution in [-0.2, 0) is 4.84 Å². The Labute approximate surface area is 183 Å². The first-order valence-electron chi connectivity index (χ1n) is 9.52. The monoisotopic (exact) mass is 448 g/mol. The van der Waals surface area contributed by atoms with Gasteiger partial charge in [0.1, 0.15) is 0 Å². The van der Waals surface area contributed by atoms with Crippen molar-refractivity contribution in [2.75, 3.05) is 42.9 Å². The van der Waals surface area contributed by atoms with E-state index in [9.17, 15) is 9.18 Å². The summed E-state index contributed by atoms with van der Waals surface area (Å²) in [6.45, 7) is 1.74. The summed E-state index contributed by atoms with van der Waals surface area (Å²) in [5.74, 6) is 9.78. The molecule has 2 aromatic rings. The summed E-state index contributed by atoms with van der Waals surface area (Å²) < 4.78 is 14.7. The number of thioether (sulfide) groups is 1. The number of hydrazine groups is 1. The maximum absolute atomic E-state index is 14.7. The lowest BCUT2D eigenvalue weighted by atomic mass is 10.2. The molecule has 6 N–H and O–H groups in total. The van der Waals surface area contributed by atoms with E-state index in [0.29, 0.717) is 16.3 Å². The Morgan fingerprint density at radius 1 is 1.35 bits per heavy atom. The lowest BCUT2D eigenvalue weighted by Gasteiger charge is -2.18. The zero-order valence-corrected chi connectivity index (χ0v) is 18.1. The van der Waals surface area contributed by atoms with Gasteiger partial charge < -0.3 is 16.1 Å². The summed E-state index contributed by atoms with van der Waals surface area (Å²) in [4.78, 5) is 24.6. The number of hydrogen-bond donors (Lipinski definition) is 4. The number of amides is 1. The van der Waals surface area contributed by atoms with Crippen LogP contribution in [0, 0.1) is 5.82 Å². The fraction of sp³-hybridized carbons (Fsp3) is 0.316. The Morgan fingerprint density at radius 2 is 2.10 bits per heavy atom. The molecule has 0 radical (unpaired) electrons. The van der Waals surface area contributed by atoms with E-state index in [4.69, 9.17) is 16.5 Å². The van der Waals surface area contributed by atoms with Gasteiger partial charge in [-0.2, -0.15) is 5.10 Å². The molecule has 1 fully saturated rings. The summed E-state index contributed by atoms with van der Waals surface area (Å²) in [7, 11) is 3.02. The fourth-order valence-electron chi connectivity index (χ4n) is 3.11. The summed E-state index contributed by atoms with van der Waals surface area (Å²) >= 11 is 1.09. The number of nitrogens with two attached hydrogens (primary N) is 2. The molecule has 10 nitrogen and oxygen atoms in total. The van der Waals surface area contributed by atoms with Gasteiger partial charge in [-0.3, -0.25) is 20.1 Å². The van der Waals surface area contributed by atoms with Crippen molar-refractivity contribution in [2.45, 2.75) is 17.7 Å². The normalized spacial score (nSPS) is 13.9. The molecule has 0 aliphatic carbocycles. The van der Waals surface area contributed by atoms with Crippen LogP contribution in [-0.4, -0.2) is 48.3 Å². The van der Waals surface area contributed by atoms with Gasteiger partial charge in [0, 0.05) is 31.1 Å². The number of amidine groups is 1. The molecule has 0 bridgehead atoms. The lowest BCUT2D eigenvalue weighted by molar-refractivity contribution is 0.102. The highest BCUT2D eigenvalue weighted by Gasteiger charge is 2.20. The smallest absolute Gasteiger partial charge is 0.258 e. The van der Waals surface area contributed by atoms with Gasteiger partial charge in [0.05, 0.1) is 30.2 Å². The molecule has 1 aliphatic rings. The predicted octanol–water partition coefficient (Wildman–Crippen LogP) is 2.17. The molecule has 1 amide bonds. The number of halogens is 1. The number of benzene rings is 1. The number of rotatable bonds is 6. The second kappa shape index (κ2) is 10.3.